The van der Waals surface area contributed by atoms with Crippen LogP contribution in [0.1, 0.15) is 44.1 Å². The number of alkyl halides is 9. The lowest BCUT2D eigenvalue weighted by molar-refractivity contribution is -0.193. The first kappa shape index (κ1) is 40.0. The largest absolute Gasteiger partial charge is 0.490 e. The van der Waals surface area contributed by atoms with Crippen LogP contribution in [0.15, 0.2) is 24.5 Å². The summed E-state index contributed by atoms with van der Waals surface area (Å²) in [5.41, 5.74) is 1.68. The lowest BCUT2D eigenvalue weighted by atomic mass is 9.77. The van der Waals surface area contributed by atoms with Crippen molar-refractivity contribution in [1.82, 2.24) is 14.8 Å². The molecule has 2 saturated heterocycles. The van der Waals surface area contributed by atoms with E-state index in [1.54, 1.807) is 0 Å². The summed E-state index contributed by atoms with van der Waals surface area (Å²) in [6.07, 6.45) is -2.88. The highest BCUT2D eigenvalue weighted by Crippen LogP contribution is 2.47. The molecule has 47 heavy (non-hydrogen) atoms. The number of rotatable bonds is 7. The van der Waals surface area contributed by atoms with Crippen molar-refractivity contribution >= 4 is 17.9 Å². The first-order chi connectivity index (χ1) is 21.6. The minimum absolute atomic E-state index is 0.486. The summed E-state index contributed by atoms with van der Waals surface area (Å²) in [4.78, 5) is 36.5. The van der Waals surface area contributed by atoms with Crippen LogP contribution in [0.4, 0.5) is 39.5 Å². The van der Waals surface area contributed by atoms with E-state index < -0.39 is 36.4 Å². The fourth-order valence-electron chi connectivity index (χ4n) is 5.44. The SMILES string of the molecule is O=C(O)C(F)(F)F.O=C(O)C(F)(F)F.O=C(O)C(F)(F)F.c1cncc(COC[C@H]2CN(CC3CC3)C[C@@]23CCN(C2CCC2)C3)c1. The van der Waals surface area contributed by atoms with Crippen molar-refractivity contribution < 1.29 is 74.0 Å². The third-order valence-electron chi connectivity index (χ3n) is 8.14. The number of nitrogens with zero attached hydrogens (tertiary/aromatic N) is 3. The number of carboxylic acids is 3. The Balaban J connectivity index is 0.000000301. The van der Waals surface area contributed by atoms with Crippen molar-refractivity contribution in [3.8, 4) is 0 Å². The average molecular weight is 698 g/mol. The maximum Gasteiger partial charge on any atom is 0.490 e. The normalized spacial score (nSPS) is 23.4. The van der Waals surface area contributed by atoms with Crippen LogP contribution in [-0.2, 0) is 25.7 Å². The van der Waals surface area contributed by atoms with E-state index in [1.807, 2.05) is 18.5 Å². The van der Waals surface area contributed by atoms with Gasteiger partial charge in [0, 0.05) is 55.9 Å². The lowest BCUT2D eigenvalue weighted by Gasteiger charge is -2.37. The molecule has 4 aliphatic rings. The Bertz CT molecular complexity index is 1100. The molecule has 4 fully saturated rings. The van der Waals surface area contributed by atoms with E-state index in [0.29, 0.717) is 17.9 Å². The monoisotopic (exact) mass is 697 g/mol. The van der Waals surface area contributed by atoms with E-state index in [2.05, 4.69) is 20.9 Å². The summed E-state index contributed by atoms with van der Waals surface area (Å²) in [6.45, 7) is 8.16. The lowest BCUT2D eigenvalue weighted by Crippen LogP contribution is -2.42. The summed E-state index contributed by atoms with van der Waals surface area (Å²) in [7, 11) is 0. The highest BCUT2D eigenvalue weighted by Gasteiger charge is 2.52. The summed E-state index contributed by atoms with van der Waals surface area (Å²) in [6, 6.07) is 5.01. The predicted molar refractivity (Wildman–Crippen MR) is 144 cm³/mol. The van der Waals surface area contributed by atoms with Gasteiger partial charge in [-0.3, -0.25) is 9.88 Å². The van der Waals surface area contributed by atoms with Gasteiger partial charge < -0.3 is 25.0 Å². The molecule has 2 atom stereocenters. The zero-order valence-electron chi connectivity index (χ0n) is 25.0. The predicted octanol–water partition coefficient (Wildman–Crippen LogP) is 5.08. The van der Waals surface area contributed by atoms with Gasteiger partial charge in [-0.05, 0) is 56.2 Å². The second-order valence-corrected chi connectivity index (χ2v) is 11.8. The smallest absolute Gasteiger partial charge is 0.475 e. The van der Waals surface area contributed by atoms with Crippen LogP contribution in [0.3, 0.4) is 0 Å². The van der Waals surface area contributed by atoms with Crippen molar-refractivity contribution in [2.75, 3.05) is 39.3 Å². The molecule has 1 spiro atoms. The number of halogens is 9. The van der Waals surface area contributed by atoms with Crippen molar-refractivity contribution in [2.24, 2.45) is 17.3 Å². The van der Waals surface area contributed by atoms with Crippen molar-refractivity contribution in [1.29, 1.82) is 0 Å². The van der Waals surface area contributed by atoms with Gasteiger partial charge >= 0.3 is 36.4 Å². The molecule has 2 saturated carbocycles. The van der Waals surface area contributed by atoms with Gasteiger partial charge in [0.2, 0.25) is 0 Å². The van der Waals surface area contributed by atoms with Crippen LogP contribution >= 0.6 is 0 Å². The molecule has 0 unspecified atom stereocenters. The molecule has 1 aromatic heterocycles. The van der Waals surface area contributed by atoms with Crippen LogP contribution in [0, 0.1) is 17.3 Å². The Kier molecular flexibility index (Phi) is 14.3. The van der Waals surface area contributed by atoms with Gasteiger partial charge in [0.05, 0.1) is 13.2 Å². The van der Waals surface area contributed by atoms with E-state index in [4.69, 9.17) is 34.4 Å². The quantitative estimate of drug-likeness (QED) is 0.331. The standard InChI is InChI=1S/C22H33N3O.3C2HF3O2/c1-4-21(5-1)25-10-8-22(17-25)16-24(12-18-6-7-18)13-20(22)15-26-14-19-3-2-9-23-11-19;3*3-2(4,5)1(6)7/h2-3,9,11,18,20-21H,1,4-8,10,12-17H2;3*(H,6,7)/t20-,22-;;;/m1.../s1. The van der Waals surface area contributed by atoms with Crippen molar-refractivity contribution in [3.05, 3.63) is 30.1 Å². The highest BCUT2D eigenvalue weighted by molar-refractivity contribution is 5.73. The van der Waals surface area contributed by atoms with Crippen molar-refractivity contribution in [2.45, 2.75) is 69.7 Å². The fraction of sp³-hybridized carbons (Fsp3) is 0.714. The number of pyridine rings is 1. The van der Waals surface area contributed by atoms with Crippen LogP contribution in [0.5, 0.6) is 0 Å². The number of aromatic nitrogens is 1. The zero-order valence-corrected chi connectivity index (χ0v) is 25.0. The second-order valence-electron chi connectivity index (χ2n) is 11.8. The third kappa shape index (κ3) is 13.8. The molecule has 2 aliphatic carbocycles. The molecule has 268 valence electrons. The van der Waals surface area contributed by atoms with Gasteiger partial charge in [-0.25, -0.2) is 14.4 Å². The summed E-state index contributed by atoms with van der Waals surface area (Å²) in [5, 5.41) is 21.4. The number of hydrogen-bond donors (Lipinski definition) is 3. The van der Waals surface area contributed by atoms with E-state index in [1.165, 1.54) is 76.8 Å². The number of aliphatic carboxylic acids is 3. The Hall–Kier alpha value is -3.19. The van der Waals surface area contributed by atoms with E-state index in [-0.39, 0.29) is 0 Å². The Morgan fingerprint density at radius 3 is 1.81 bits per heavy atom. The number of likely N-dealkylation sites (tertiary alicyclic amines) is 2. The molecule has 1 aromatic rings. The van der Waals surface area contributed by atoms with Crippen molar-refractivity contribution in [3.63, 3.8) is 0 Å². The minimum Gasteiger partial charge on any atom is -0.475 e. The molecule has 0 amide bonds. The van der Waals surface area contributed by atoms with Gasteiger partial charge in [0.1, 0.15) is 0 Å². The topological polar surface area (TPSA) is 140 Å². The van der Waals surface area contributed by atoms with Crippen LogP contribution in [0.25, 0.3) is 0 Å². The number of hydrogen-bond acceptors (Lipinski definition) is 7. The molecular weight excluding hydrogens is 661 g/mol. The molecule has 10 nitrogen and oxygen atoms in total. The Morgan fingerprint density at radius 1 is 0.872 bits per heavy atom. The molecule has 19 heteroatoms. The average Bonchev–Trinajstić information content (AvgIpc) is 3.55. The zero-order chi connectivity index (χ0) is 35.6. The third-order valence-corrected chi connectivity index (χ3v) is 8.14. The molecule has 3 N–H and O–H groups in total. The maximum atomic E-state index is 10.6. The van der Waals surface area contributed by atoms with E-state index >= 15 is 0 Å². The molecule has 0 aromatic carbocycles. The molecule has 3 heterocycles. The number of carboxylic acid groups (broad SMARTS) is 3. The van der Waals surface area contributed by atoms with Crippen LogP contribution in [0.2, 0.25) is 0 Å². The van der Waals surface area contributed by atoms with Gasteiger partial charge in [0.25, 0.3) is 0 Å². The highest BCUT2D eigenvalue weighted by atomic mass is 19.4. The molecule has 2 aliphatic heterocycles. The maximum absolute atomic E-state index is 10.6. The Morgan fingerprint density at radius 2 is 1.40 bits per heavy atom. The van der Waals surface area contributed by atoms with Gasteiger partial charge in [-0.2, -0.15) is 39.5 Å². The fourth-order valence-corrected chi connectivity index (χ4v) is 5.44. The number of carbonyl (C=O) groups is 3. The Labute approximate surface area is 263 Å². The van der Waals surface area contributed by atoms with Gasteiger partial charge in [-0.1, -0.05) is 12.5 Å². The van der Waals surface area contributed by atoms with Crippen LogP contribution in [-0.4, -0.2) is 112 Å². The molecule has 0 bridgehead atoms. The summed E-state index contributed by atoms with van der Waals surface area (Å²) in [5.74, 6) is -6.58. The second kappa shape index (κ2) is 16.8. The molecule has 0 radical (unpaired) electrons. The van der Waals surface area contributed by atoms with Crippen LogP contribution < -0.4 is 0 Å². The molecule has 5 rings (SSSR count). The first-order valence-electron chi connectivity index (χ1n) is 14.5. The summed E-state index contributed by atoms with van der Waals surface area (Å²) >= 11 is 0. The van der Waals surface area contributed by atoms with E-state index in [9.17, 15) is 39.5 Å². The number of ether oxygens (including phenoxy) is 1. The first-order valence-corrected chi connectivity index (χ1v) is 14.5. The minimum atomic E-state index is -5.08. The van der Waals surface area contributed by atoms with Gasteiger partial charge in [-0.15, -0.1) is 0 Å². The summed E-state index contributed by atoms with van der Waals surface area (Å²) < 4.78 is 101. The molecular formula is C28H36F9N3O7. The van der Waals surface area contributed by atoms with Gasteiger partial charge in [0.15, 0.2) is 0 Å². The van der Waals surface area contributed by atoms with E-state index in [0.717, 1.165) is 18.6 Å².